The van der Waals surface area contributed by atoms with Crippen LogP contribution in [0.25, 0.3) is 16.2 Å². The third-order valence-corrected chi connectivity index (χ3v) is 5.37. The van der Waals surface area contributed by atoms with Gasteiger partial charge in [0.1, 0.15) is 5.82 Å². The number of nitrogens with zero attached hydrogens (tertiary/aromatic N) is 2. The van der Waals surface area contributed by atoms with Crippen LogP contribution in [0.4, 0.5) is 4.39 Å². The van der Waals surface area contributed by atoms with Crippen LogP contribution in [0.1, 0.15) is 31.4 Å². The molecule has 0 atom stereocenters. The number of aromatic nitrogens is 2. The second kappa shape index (κ2) is 6.36. The maximum absolute atomic E-state index is 13.1. The van der Waals surface area contributed by atoms with Gasteiger partial charge in [0.05, 0.1) is 12.1 Å². The van der Waals surface area contributed by atoms with Crippen LogP contribution in [0.2, 0.25) is 0 Å². The normalized spacial score (nSPS) is 15.2. The summed E-state index contributed by atoms with van der Waals surface area (Å²) >= 11 is 1.52. The van der Waals surface area contributed by atoms with E-state index in [4.69, 9.17) is 0 Å². The highest BCUT2D eigenvalue weighted by molar-refractivity contribution is 7.15. The largest absolute Gasteiger partial charge is 0.353 e. The van der Waals surface area contributed by atoms with E-state index in [0.29, 0.717) is 12.5 Å². The fourth-order valence-electron chi connectivity index (χ4n) is 3.23. The Morgan fingerprint density at radius 3 is 2.79 bits per heavy atom. The zero-order valence-corrected chi connectivity index (χ0v) is 14.0. The molecule has 124 valence electrons. The fraction of sp³-hybridized carbons (Fsp3) is 0.333. The first-order valence-corrected chi connectivity index (χ1v) is 9.08. The molecule has 0 saturated heterocycles. The molecule has 1 amide bonds. The number of hydrogen-bond donors (Lipinski definition) is 1. The minimum absolute atomic E-state index is 0.0682. The van der Waals surface area contributed by atoms with Crippen molar-refractivity contribution in [3.8, 4) is 11.3 Å². The summed E-state index contributed by atoms with van der Waals surface area (Å²) in [5.74, 6) is -0.192. The second-order valence-corrected chi connectivity index (χ2v) is 7.07. The van der Waals surface area contributed by atoms with Gasteiger partial charge >= 0.3 is 0 Å². The first-order valence-electron chi connectivity index (χ1n) is 8.20. The van der Waals surface area contributed by atoms with E-state index >= 15 is 0 Å². The first-order chi connectivity index (χ1) is 11.7. The summed E-state index contributed by atoms with van der Waals surface area (Å²) < 4.78 is 15.0. The number of imidazole rings is 1. The van der Waals surface area contributed by atoms with Crippen molar-refractivity contribution in [2.24, 2.45) is 0 Å². The van der Waals surface area contributed by atoms with Crippen LogP contribution in [0.5, 0.6) is 0 Å². The molecule has 3 aromatic rings. The Kier molecular flexibility index (Phi) is 4.06. The minimum atomic E-state index is -0.260. The van der Waals surface area contributed by atoms with Gasteiger partial charge in [-0.2, -0.15) is 0 Å². The van der Waals surface area contributed by atoms with Crippen LogP contribution in [-0.2, 0) is 11.2 Å². The highest BCUT2D eigenvalue weighted by Crippen LogP contribution is 2.24. The van der Waals surface area contributed by atoms with Gasteiger partial charge in [0.25, 0.3) is 0 Å². The summed E-state index contributed by atoms with van der Waals surface area (Å²) in [7, 11) is 0. The monoisotopic (exact) mass is 343 g/mol. The van der Waals surface area contributed by atoms with Crippen LogP contribution in [0.15, 0.2) is 35.8 Å². The Morgan fingerprint density at radius 2 is 2.04 bits per heavy atom. The van der Waals surface area contributed by atoms with Crippen molar-refractivity contribution in [3.05, 3.63) is 47.4 Å². The average molecular weight is 343 g/mol. The van der Waals surface area contributed by atoms with E-state index in [1.54, 1.807) is 12.1 Å². The van der Waals surface area contributed by atoms with E-state index in [1.807, 2.05) is 16.0 Å². The zero-order chi connectivity index (χ0) is 16.5. The van der Waals surface area contributed by atoms with Crippen LogP contribution >= 0.6 is 11.3 Å². The number of nitrogens with one attached hydrogen (secondary N) is 1. The molecular formula is C18H18FN3OS. The van der Waals surface area contributed by atoms with E-state index in [1.165, 1.54) is 36.3 Å². The van der Waals surface area contributed by atoms with Gasteiger partial charge in [0.2, 0.25) is 5.91 Å². The maximum Gasteiger partial charge on any atom is 0.226 e. The Morgan fingerprint density at radius 1 is 1.29 bits per heavy atom. The molecule has 0 aliphatic heterocycles. The summed E-state index contributed by atoms with van der Waals surface area (Å²) in [5, 5.41) is 5.09. The second-order valence-electron chi connectivity index (χ2n) is 6.24. The average Bonchev–Trinajstić information content (AvgIpc) is 3.27. The lowest BCUT2D eigenvalue weighted by Crippen LogP contribution is -2.33. The molecule has 1 aromatic carbocycles. The van der Waals surface area contributed by atoms with Crippen molar-refractivity contribution in [1.29, 1.82) is 0 Å². The van der Waals surface area contributed by atoms with E-state index in [0.717, 1.165) is 34.8 Å². The van der Waals surface area contributed by atoms with E-state index in [-0.39, 0.29) is 11.7 Å². The molecule has 0 spiro atoms. The molecule has 0 bridgehead atoms. The third-order valence-electron chi connectivity index (χ3n) is 4.49. The number of thiazole rings is 1. The van der Waals surface area contributed by atoms with E-state index in [9.17, 15) is 9.18 Å². The van der Waals surface area contributed by atoms with Crippen LogP contribution in [0.3, 0.4) is 0 Å². The number of carbonyl (C=O) groups is 1. The van der Waals surface area contributed by atoms with Gasteiger partial charge in [-0.05, 0) is 37.1 Å². The highest BCUT2D eigenvalue weighted by Gasteiger charge is 2.18. The number of carbonyl (C=O) groups excluding carboxylic acids is 1. The van der Waals surface area contributed by atoms with Crippen molar-refractivity contribution >= 4 is 22.2 Å². The predicted molar refractivity (Wildman–Crippen MR) is 92.6 cm³/mol. The van der Waals surface area contributed by atoms with Crippen molar-refractivity contribution in [2.45, 2.75) is 38.1 Å². The van der Waals surface area contributed by atoms with Gasteiger partial charge in [0.15, 0.2) is 4.96 Å². The van der Waals surface area contributed by atoms with Gasteiger partial charge in [-0.1, -0.05) is 12.8 Å². The van der Waals surface area contributed by atoms with Gasteiger partial charge < -0.3 is 5.32 Å². The molecule has 2 aromatic heterocycles. The number of fused-ring (bicyclic) bond motifs is 1. The summed E-state index contributed by atoms with van der Waals surface area (Å²) in [6.45, 7) is 0. The van der Waals surface area contributed by atoms with Crippen molar-refractivity contribution in [3.63, 3.8) is 0 Å². The Bertz CT molecular complexity index is 862. The summed E-state index contributed by atoms with van der Waals surface area (Å²) in [4.78, 5) is 17.7. The molecule has 0 unspecified atom stereocenters. The van der Waals surface area contributed by atoms with Crippen LogP contribution < -0.4 is 5.32 Å². The lowest BCUT2D eigenvalue weighted by atomic mass is 10.2. The minimum Gasteiger partial charge on any atom is -0.353 e. The van der Waals surface area contributed by atoms with Gasteiger partial charge in [0, 0.05) is 28.9 Å². The maximum atomic E-state index is 13.1. The number of rotatable bonds is 4. The molecule has 24 heavy (non-hydrogen) atoms. The van der Waals surface area contributed by atoms with Crippen molar-refractivity contribution in [1.82, 2.24) is 14.7 Å². The van der Waals surface area contributed by atoms with Crippen LogP contribution in [-0.4, -0.2) is 21.3 Å². The smallest absolute Gasteiger partial charge is 0.226 e. The Hall–Kier alpha value is -2.21. The molecule has 4 rings (SSSR count). The number of amides is 1. The van der Waals surface area contributed by atoms with Crippen molar-refractivity contribution < 1.29 is 9.18 Å². The van der Waals surface area contributed by atoms with Gasteiger partial charge in [-0.3, -0.25) is 9.20 Å². The van der Waals surface area contributed by atoms with Crippen LogP contribution in [0, 0.1) is 5.82 Å². The van der Waals surface area contributed by atoms with Gasteiger partial charge in [-0.15, -0.1) is 11.3 Å². The Balaban J connectivity index is 1.53. The number of halogens is 1. The topological polar surface area (TPSA) is 46.4 Å². The summed E-state index contributed by atoms with van der Waals surface area (Å²) in [6, 6.07) is 6.63. The first kappa shape index (κ1) is 15.3. The van der Waals surface area contributed by atoms with Gasteiger partial charge in [-0.25, -0.2) is 9.37 Å². The lowest BCUT2D eigenvalue weighted by molar-refractivity contribution is -0.121. The number of hydrogen-bond acceptors (Lipinski definition) is 3. The molecular weight excluding hydrogens is 325 g/mol. The third kappa shape index (κ3) is 3.06. The molecule has 4 nitrogen and oxygen atoms in total. The molecule has 0 radical (unpaired) electrons. The number of benzene rings is 1. The quantitative estimate of drug-likeness (QED) is 0.783. The van der Waals surface area contributed by atoms with Crippen molar-refractivity contribution in [2.75, 3.05) is 0 Å². The molecule has 1 saturated carbocycles. The fourth-order valence-corrected chi connectivity index (χ4v) is 4.10. The summed E-state index contributed by atoms with van der Waals surface area (Å²) in [5.41, 5.74) is 2.60. The molecule has 1 N–H and O–H groups in total. The predicted octanol–water partition coefficient (Wildman–Crippen LogP) is 3.80. The SMILES string of the molecule is O=C(Cc1csc2nc(-c3ccc(F)cc3)cn12)NC1CCCC1. The van der Waals surface area contributed by atoms with E-state index in [2.05, 4.69) is 10.3 Å². The standard InChI is InChI=1S/C18H18FN3OS/c19-13-7-5-12(6-8-13)16-10-22-15(11-24-18(22)21-16)9-17(23)20-14-3-1-2-4-14/h5-8,10-11,14H,1-4,9H2,(H,20,23). The molecule has 1 aliphatic rings. The molecule has 2 heterocycles. The Labute approximate surface area is 143 Å². The molecule has 6 heteroatoms. The lowest BCUT2D eigenvalue weighted by Gasteiger charge is -2.11. The molecule has 1 fully saturated rings. The zero-order valence-electron chi connectivity index (χ0n) is 13.2. The highest BCUT2D eigenvalue weighted by atomic mass is 32.1. The van der Waals surface area contributed by atoms with E-state index < -0.39 is 0 Å². The molecule has 1 aliphatic carbocycles. The summed E-state index contributed by atoms with van der Waals surface area (Å²) in [6.07, 6.45) is 6.86.